The van der Waals surface area contributed by atoms with E-state index in [4.69, 9.17) is 19.6 Å². The van der Waals surface area contributed by atoms with E-state index >= 15 is 0 Å². The molecule has 1 unspecified atom stereocenters. The maximum absolute atomic E-state index is 13.1. The van der Waals surface area contributed by atoms with Crippen molar-refractivity contribution in [3.63, 3.8) is 0 Å². The van der Waals surface area contributed by atoms with Crippen molar-refractivity contribution in [2.45, 2.75) is 13.3 Å². The van der Waals surface area contributed by atoms with Crippen LogP contribution in [-0.4, -0.2) is 12.2 Å². The second-order valence-electron chi connectivity index (χ2n) is 7.56. The lowest BCUT2D eigenvalue weighted by atomic mass is 9.82. The van der Waals surface area contributed by atoms with E-state index in [0.717, 1.165) is 11.1 Å². The molecule has 0 saturated carbocycles. The van der Waals surface area contributed by atoms with Gasteiger partial charge in [0, 0.05) is 5.56 Å². The Morgan fingerprint density at radius 2 is 1.85 bits per heavy atom. The molecule has 3 aromatic carbocycles. The van der Waals surface area contributed by atoms with Crippen molar-refractivity contribution >= 4 is 11.0 Å². The summed E-state index contributed by atoms with van der Waals surface area (Å²) < 4.78 is 16.8. The van der Waals surface area contributed by atoms with E-state index in [9.17, 15) is 15.2 Å². The molecular formula is C27H22N2O5. The van der Waals surface area contributed by atoms with Crippen LogP contribution in [0.5, 0.6) is 17.2 Å². The van der Waals surface area contributed by atoms with Crippen LogP contribution in [0.25, 0.3) is 22.1 Å². The number of rotatable bonds is 3. The second-order valence-corrected chi connectivity index (χ2v) is 7.56. The van der Waals surface area contributed by atoms with Crippen LogP contribution in [0.1, 0.15) is 24.5 Å². The molecule has 1 atom stereocenters. The van der Waals surface area contributed by atoms with Crippen molar-refractivity contribution in [2.75, 3.05) is 7.11 Å². The number of hydrogen-bond donors (Lipinski definition) is 2. The molecule has 0 spiro atoms. The van der Waals surface area contributed by atoms with Gasteiger partial charge < -0.3 is 24.7 Å². The Labute approximate surface area is 195 Å². The minimum Gasteiger partial charge on any atom is -0.508 e. The maximum Gasteiger partial charge on any atom is 0.344 e. The highest BCUT2D eigenvalue weighted by molar-refractivity contribution is 5.87. The predicted octanol–water partition coefficient (Wildman–Crippen LogP) is 5.03. The number of ether oxygens (including phenoxy) is 2. The third-order valence-corrected chi connectivity index (χ3v) is 5.69. The Morgan fingerprint density at radius 1 is 1.09 bits per heavy atom. The number of nitrogens with zero attached hydrogens (tertiary/aromatic N) is 1. The molecule has 170 valence electrons. The van der Waals surface area contributed by atoms with Crippen molar-refractivity contribution in [1.29, 1.82) is 5.26 Å². The fourth-order valence-corrected chi connectivity index (χ4v) is 4.19. The van der Waals surface area contributed by atoms with Crippen LogP contribution in [0.2, 0.25) is 0 Å². The molecule has 1 aromatic heterocycles. The monoisotopic (exact) mass is 454 g/mol. The average Bonchev–Trinajstić information content (AvgIpc) is 2.84. The zero-order valence-electron chi connectivity index (χ0n) is 17.5. The highest BCUT2D eigenvalue weighted by Gasteiger charge is 2.36. The number of phenolic OH excluding ortho intramolecular Hbond substituents is 1. The van der Waals surface area contributed by atoms with Gasteiger partial charge in [0.25, 0.3) is 0 Å². The molecule has 7 heteroatoms. The van der Waals surface area contributed by atoms with Crippen molar-refractivity contribution in [3.05, 3.63) is 99.7 Å². The minimum absolute atomic E-state index is 0. The summed E-state index contributed by atoms with van der Waals surface area (Å²) in [4.78, 5) is 13.1. The molecular weight excluding hydrogens is 432 g/mol. The largest absolute Gasteiger partial charge is 0.508 e. The molecule has 0 bridgehead atoms. The maximum atomic E-state index is 13.1. The summed E-state index contributed by atoms with van der Waals surface area (Å²) in [6, 6.07) is 21.5. The molecule has 1 aliphatic rings. The number of nitriles is 1. The molecule has 5 rings (SSSR count). The van der Waals surface area contributed by atoms with Crippen molar-refractivity contribution < 1.29 is 19.0 Å². The van der Waals surface area contributed by atoms with Crippen LogP contribution in [0.15, 0.2) is 87.4 Å². The summed E-state index contributed by atoms with van der Waals surface area (Å²) in [6.07, 6.45) is 0. The van der Waals surface area contributed by atoms with E-state index in [0.29, 0.717) is 16.7 Å². The number of methoxy groups -OCH3 is 1. The molecule has 0 radical (unpaired) electrons. The van der Waals surface area contributed by atoms with Gasteiger partial charge in [-0.2, -0.15) is 5.26 Å². The summed E-state index contributed by atoms with van der Waals surface area (Å²) in [6.45, 7) is 0. The van der Waals surface area contributed by atoms with Gasteiger partial charge in [0.15, 0.2) is 5.75 Å². The van der Waals surface area contributed by atoms with E-state index in [2.05, 4.69) is 6.07 Å². The van der Waals surface area contributed by atoms with Gasteiger partial charge in [0.2, 0.25) is 5.88 Å². The Balaban J connectivity index is 0.00000274. The molecule has 4 aromatic rings. The SMILES string of the molecule is C.COc1ccc(C2C(C#N)=C(N)Oc3c2c(=O)oc2ccc(O)cc32)cc1-c1ccccc1. The van der Waals surface area contributed by atoms with Crippen molar-refractivity contribution in [1.82, 2.24) is 0 Å². The highest BCUT2D eigenvalue weighted by Crippen LogP contribution is 2.45. The second kappa shape index (κ2) is 8.68. The number of benzene rings is 3. The fraction of sp³-hybridized carbons (Fsp3) is 0.111. The summed E-state index contributed by atoms with van der Waals surface area (Å²) in [5, 5.41) is 20.3. The first kappa shape index (κ1) is 22.5. The summed E-state index contributed by atoms with van der Waals surface area (Å²) >= 11 is 0. The van der Waals surface area contributed by atoms with Crippen LogP contribution in [0, 0.1) is 11.3 Å². The van der Waals surface area contributed by atoms with Gasteiger partial charge >= 0.3 is 5.63 Å². The lowest BCUT2D eigenvalue weighted by Crippen LogP contribution is -2.26. The van der Waals surface area contributed by atoms with E-state index in [-0.39, 0.29) is 41.5 Å². The Bertz CT molecular complexity index is 1530. The van der Waals surface area contributed by atoms with Gasteiger partial charge in [0.05, 0.1) is 24.0 Å². The smallest absolute Gasteiger partial charge is 0.344 e. The molecule has 0 saturated heterocycles. The van der Waals surface area contributed by atoms with Gasteiger partial charge in [-0.25, -0.2) is 4.79 Å². The molecule has 3 N–H and O–H groups in total. The lowest BCUT2D eigenvalue weighted by Gasteiger charge is -2.26. The first-order valence-corrected chi connectivity index (χ1v) is 10.1. The van der Waals surface area contributed by atoms with Crippen LogP contribution < -0.4 is 20.8 Å². The molecule has 0 fully saturated rings. The Morgan fingerprint density at radius 3 is 2.56 bits per heavy atom. The lowest BCUT2D eigenvalue weighted by molar-refractivity contribution is 0.387. The molecule has 2 heterocycles. The minimum atomic E-state index is -0.824. The number of aromatic hydroxyl groups is 1. The van der Waals surface area contributed by atoms with Crippen LogP contribution in [-0.2, 0) is 0 Å². The summed E-state index contributed by atoms with van der Waals surface area (Å²) in [5.41, 5.74) is 8.31. The topological polar surface area (TPSA) is 119 Å². The quantitative estimate of drug-likeness (QED) is 0.417. The van der Waals surface area contributed by atoms with Gasteiger partial charge in [-0.15, -0.1) is 0 Å². The zero-order valence-corrected chi connectivity index (χ0v) is 17.5. The van der Waals surface area contributed by atoms with Crippen molar-refractivity contribution in [3.8, 4) is 34.4 Å². The summed E-state index contributed by atoms with van der Waals surface area (Å²) in [7, 11) is 1.58. The van der Waals surface area contributed by atoms with E-state index in [1.807, 2.05) is 36.4 Å². The van der Waals surface area contributed by atoms with E-state index in [1.165, 1.54) is 18.2 Å². The molecule has 0 amide bonds. The number of fused-ring (bicyclic) bond motifs is 3. The van der Waals surface area contributed by atoms with Gasteiger partial charge in [-0.3, -0.25) is 0 Å². The first-order valence-electron chi connectivity index (χ1n) is 10.1. The third-order valence-electron chi connectivity index (χ3n) is 5.69. The average molecular weight is 454 g/mol. The van der Waals surface area contributed by atoms with Crippen LogP contribution in [0.3, 0.4) is 0 Å². The predicted molar refractivity (Wildman–Crippen MR) is 129 cm³/mol. The number of hydrogen-bond acceptors (Lipinski definition) is 7. The van der Waals surface area contributed by atoms with Gasteiger partial charge in [-0.1, -0.05) is 43.8 Å². The highest BCUT2D eigenvalue weighted by atomic mass is 16.5. The third kappa shape index (κ3) is 3.51. The van der Waals surface area contributed by atoms with Crippen molar-refractivity contribution in [2.24, 2.45) is 5.73 Å². The fourth-order valence-electron chi connectivity index (χ4n) is 4.19. The molecule has 7 nitrogen and oxygen atoms in total. The van der Waals surface area contributed by atoms with Gasteiger partial charge in [-0.05, 0) is 41.5 Å². The molecule has 0 aliphatic carbocycles. The van der Waals surface area contributed by atoms with E-state index < -0.39 is 11.5 Å². The van der Waals surface area contributed by atoms with Crippen LogP contribution >= 0.6 is 0 Å². The van der Waals surface area contributed by atoms with Gasteiger partial charge in [0.1, 0.15) is 28.7 Å². The number of allylic oxidation sites excluding steroid dienone is 1. The molecule has 34 heavy (non-hydrogen) atoms. The number of phenols is 1. The van der Waals surface area contributed by atoms with E-state index in [1.54, 1.807) is 19.2 Å². The number of nitrogens with two attached hydrogens (primary N) is 1. The molecule has 1 aliphatic heterocycles. The Hall–Kier alpha value is -4.70. The standard InChI is InChI=1S/C26H18N2O5.CH4/c1-31-20-9-7-15(11-17(20)14-5-3-2-4-6-14)22-19(13-27)25(28)33-24-18-12-16(29)8-10-21(18)32-26(30)23(22)24;/h2-12,22,29H,28H2,1H3;1H4. The van der Waals surface area contributed by atoms with Crippen LogP contribution in [0.4, 0.5) is 0 Å². The Kier molecular flexibility index (Phi) is 5.74. The normalized spacial score (nSPS) is 14.5. The first-order chi connectivity index (χ1) is 16.0. The zero-order chi connectivity index (χ0) is 23.1. The summed E-state index contributed by atoms with van der Waals surface area (Å²) in [5.74, 6) is -0.153.